The van der Waals surface area contributed by atoms with Gasteiger partial charge < -0.3 is 14.8 Å². The van der Waals surface area contributed by atoms with Crippen LogP contribution in [0.3, 0.4) is 0 Å². The van der Waals surface area contributed by atoms with Crippen LogP contribution in [0.5, 0.6) is 0 Å². The zero-order valence-electron chi connectivity index (χ0n) is 13.6. The van der Waals surface area contributed by atoms with Crippen molar-refractivity contribution in [2.24, 2.45) is 7.05 Å². The fourth-order valence-electron chi connectivity index (χ4n) is 2.90. The number of hydrogen-bond donors (Lipinski definition) is 1. The summed E-state index contributed by atoms with van der Waals surface area (Å²) >= 11 is 0. The average molecular weight is 329 g/mol. The van der Waals surface area contributed by atoms with E-state index in [1.165, 1.54) is 35.4 Å². The van der Waals surface area contributed by atoms with Gasteiger partial charge in [-0.25, -0.2) is 4.39 Å². The Kier molecular flexibility index (Phi) is 4.64. The van der Waals surface area contributed by atoms with E-state index in [2.05, 4.69) is 10.2 Å². The van der Waals surface area contributed by atoms with Crippen LogP contribution in [0.2, 0.25) is 0 Å². The van der Waals surface area contributed by atoms with Gasteiger partial charge in [-0.2, -0.15) is 0 Å². The first-order valence-electron chi connectivity index (χ1n) is 8.07. The number of pyridine rings is 1. The minimum Gasteiger partial charge on any atom is -0.370 e. The molecule has 1 amide bonds. The molecule has 2 heterocycles. The number of benzene rings is 1. The third-order valence-corrected chi connectivity index (χ3v) is 4.27. The highest BCUT2D eigenvalue weighted by Crippen LogP contribution is 2.29. The van der Waals surface area contributed by atoms with E-state index in [0.717, 1.165) is 31.6 Å². The van der Waals surface area contributed by atoms with E-state index in [-0.39, 0.29) is 11.1 Å². The Morgan fingerprint density at radius 1 is 1.12 bits per heavy atom. The van der Waals surface area contributed by atoms with E-state index < -0.39 is 11.7 Å². The zero-order chi connectivity index (χ0) is 17.1. The van der Waals surface area contributed by atoms with Crippen LogP contribution < -0.4 is 15.8 Å². The first kappa shape index (κ1) is 16.2. The number of aromatic nitrogens is 1. The number of carbonyl (C=O) groups excluding carboxylic acids is 1. The molecule has 1 aromatic carbocycles. The number of nitrogens with zero attached hydrogens (tertiary/aromatic N) is 2. The predicted octanol–water partition coefficient (Wildman–Crippen LogP) is 2.77. The lowest BCUT2D eigenvalue weighted by atomic mass is 10.1. The molecule has 0 atom stereocenters. The topological polar surface area (TPSA) is 54.3 Å². The van der Waals surface area contributed by atoms with Crippen LogP contribution in [0.1, 0.15) is 29.6 Å². The zero-order valence-corrected chi connectivity index (χ0v) is 13.6. The minimum absolute atomic E-state index is 0.256. The average Bonchev–Trinajstić information content (AvgIpc) is 2.58. The van der Waals surface area contributed by atoms with Gasteiger partial charge in [0.05, 0.1) is 11.4 Å². The molecule has 0 unspecified atom stereocenters. The second-order valence-corrected chi connectivity index (χ2v) is 6.03. The number of hydrogen-bond acceptors (Lipinski definition) is 3. The summed E-state index contributed by atoms with van der Waals surface area (Å²) in [6.07, 6.45) is 4.89. The van der Waals surface area contributed by atoms with E-state index in [9.17, 15) is 14.0 Å². The molecule has 24 heavy (non-hydrogen) atoms. The molecule has 0 spiro atoms. The number of halogens is 1. The summed E-state index contributed by atoms with van der Waals surface area (Å²) < 4.78 is 15.0. The Morgan fingerprint density at radius 2 is 1.88 bits per heavy atom. The molecular formula is C18H20FN3O2. The van der Waals surface area contributed by atoms with Crippen LogP contribution in [0.25, 0.3) is 0 Å². The Morgan fingerprint density at radius 3 is 2.58 bits per heavy atom. The Labute approximate surface area is 139 Å². The summed E-state index contributed by atoms with van der Waals surface area (Å²) in [5.74, 6) is -0.827. The number of aryl methyl sites for hydroxylation is 1. The molecule has 0 aliphatic carbocycles. The molecule has 2 aromatic rings. The van der Waals surface area contributed by atoms with E-state index in [1.54, 1.807) is 19.2 Å². The van der Waals surface area contributed by atoms with E-state index in [4.69, 9.17) is 0 Å². The van der Waals surface area contributed by atoms with Gasteiger partial charge in [-0.05, 0) is 43.5 Å². The molecule has 126 valence electrons. The lowest BCUT2D eigenvalue weighted by molar-refractivity contribution is 0.102. The molecule has 6 heteroatoms. The normalized spacial score (nSPS) is 14.5. The number of amides is 1. The fourth-order valence-corrected chi connectivity index (χ4v) is 2.90. The second kappa shape index (κ2) is 6.86. The molecule has 0 saturated carbocycles. The molecule has 1 aliphatic heterocycles. The molecule has 1 fully saturated rings. The van der Waals surface area contributed by atoms with Gasteiger partial charge in [-0.15, -0.1) is 0 Å². The van der Waals surface area contributed by atoms with Crippen LogP contribution >= 0.6 is 0 Å². The van der Waals surface area contributed by atoms with Crippen LogP contribution in [0.4, 0.5) is 15.8 Å². The van der Waals surface area contributed by atoms with Gasteiger partial charge in [-0.1, -0.05) is 0 Å². The summed E-state index contributed by atoms with van der Waals surface area (Å²) in [5.41, 5.74) is 1.24. The van der Waals surface area contributed by atoms with Gasteiger partial charge in [0, 0.05) is 38.0 Å². The monoisotopic (exact) mass is 329 g/mol. The summed E-state index contributed by atoms with van der Waals surface area (Å²) in [6, 6.07) is 7.26. The van der Waals surface area contributed by atoms with Gasteiger partial charge in [0.2, 0.25) is 0 Å². The predicted molar refractivity (Wildman–Crippen MR) is 92.1 cm³/mol. The van der Waals surface area contributed by atoms with Gasteiger partial charge in [0.25, 0.3) is 11.5 Å². The standard InChI is InChI=1S/C18H20FN3O2/c1-21-10-7-13(11-17(21)23)18(24)20-15-12-14(19)5-6-16(15)22-8-3-2-4-9-22/h5-7,10-12H,2-4,8-9H2,1H3,(H,20,24). The van der Waals surface area contributed by atoms with Crippen molar-refractivity contribution in [1.82, 2.24) is 4.57 Å². The van der Waals surface area contributed by atoms with Gasteiger partial charge in [-0.3, -0.25) is 9.59 Å². The minimum atomic E-state index is -0.420. The van der Waals surface area contributed by atoms with Crippen molar-refractivity contribution in [2.75, 3.05) is 23.3 Å². The lowest BCUT2D eigenvalue weighted by Crippen LogP contribution is -2.30. The first-order chi connectivity index (χ1) is 11.5. The van der Waals surface area contributed by atoms with Crippen LogP contribution in [-0.4, -0.2) is 23.6 Å². The number of carbonyl (C=O) groups is 1. The largest absolute Gasteiger partial charge is 0.370 e. The van der Waals surface area contributed by atoms with Gasteiger partial charge in [0.15, 0.2) is 0 Å². The third-order valence-electron chi connectivity index (χ3n) is 4.27. The molecule has 1 aliphatic rings. The summed E-state index contributed by atoms with van der Waals surface area (Å²) in [5, 5.41) is 2.74. The van der Waals surface area contributed by atoms with Crippen molar-refractivity contribution >= 4 is 17.3 Å². The van der Waals surface area contributed by atoms with Crippen molar-refractivity contribution in [1.29, 1.82) is 0 Å². The van der Waals surface area contributed by atoms with Crippen LogP contribution in [0.15, 0.2) is 41.3 Å². The number of anilines is 2. The lowest BCUT2D eigenvalue weighted by Gasteiger charge is -2.30. The second-order valence-electron chi connectivity index (χ2n) is 6.03. The Hall–Kier alpha value is -2.63. The Bertz CT molecular complexity index is 810. The smallest absolute Gasteiger partial charge is 0.255 e. The highest BCUT2D eigenvalue weighted by atomic mass is 19.1. The highest BCUT2D eigenvalue weighted by molar-refractivity contribution is 6.05. The van der Waals surface area contributed by atoms with E-state index in [1.807, 2.05) is 0 Å². The molecule has 1 saturated heterocycles. The van der Waals surface area contributed by atoms with Crippen molar-refractivity contribution in [3.63, 3.8) is 0 Å². The molecule has 1 aromatic heterocycles. The maximum atomic E-state index is 13.7. The van der Waals surface area contributed by atoms with E-state index in [0.29, 0.717) is 5.69 Å². The number of rotatable bonds is 3. The number of nitrogens with one attached hydrogen (secondary N) is 1. The SMILES string of the molecule is Cn1ccc(C(=O)Nc2cc(F)ccc2N2CCCCC2)cc1=O. The first-order valence-corrected chi connectivity index (χ1v) is 8.07. The summed E-state index contributed by atoms with van der Waals surface area (Å²) in [7, 11) is 1.62. The fraction of sp³-hybridized carbons (Fsp3) is 0.333. The molecule has 3 rings (SSSR count). The summed E-state index contributed by atoms with van der Waals surface area (Å²) in [6.45, 7) is 1.78. The quantitative estimate of drug-likeness (QED) is 0.942. The Balaban J connectivity index is 1.87. The molecule has 0 radical (unpaired) electrons. The van der Waals surface area contributed by atoms with Crippen molar-refractivity contribution in [3.8, 4) is 0 Å². The number of piperidine rings is 1. The summed E-state index contributed by atoms with van der Waals surface area (Å²) in [4.78, 5) is 26.3. The van der Waals surface area contributed by atoms with Crippen molar-refractivity contribution in [3.05, 3.63) is 58.3 Å². The highest BCUT2D eigenvalue weighted by Gasteiger charge is 2.17. The van der Waals surface area contributed by atoms with Crippen molar-refractivity contribution < 1.29 is 9.18 Å². The molecule has 1 N–H and O–H groups in total. The maximum Gasteiger partial charge on any atom is 0.255 e. The van der Waals surface area contributed by atoms with Crippen molar-refractivity contribution in [2.45, 2.75) is 19.3 Å². The molecular weight excluding hydrogens is 309 g/mol. The van der Waals surface area contributed by atoms with Gasteiger partial charge >= 0.3 is 0 Å². The van der Waals surface area contributed by atoms with Crippen LogP contribution in [0, 0.1) is 5.82 Å². The van der Waals surface area contributed by atoms with Gasteiger partial charge in [0.1, 0.15) is 5.82 Å². The maximum absolute atomic E-state index is 13.7. The van der Waals surface area contributed by atoms with E-state index >= 15 is 0 Å². The van der Waals surface area contributed by atoms with Crippen LogP contribution in [-0.2, 0) is 7.05 Å². The molecule has 5 nitrogen and oxygen atoms in total. The molecule has 0 bridgehead atoms. The third kappa shape index (κ3) is 3.48.